The number of hydrogen-bond acceptors (Lipinski definition) is 3. The molecule has 90 valence electrons. The second-order valence-electron chi connectivity index (χ2n) is 4.03. The summed E-state index contributed by atoms with van der Waals surface area (Å²) < 4.78 is 0. The van der Waals surface area contributed by atoms with Crippen LogP contribution in [0, 0.1) is 0 Å². The fourth-order valence-electron chi connectivity index (χ4n) is 1.51. The number of aromatic nitrogens is 1. The normalized spacial score (nSPS) is 12.6. The number of thioether (sulfide) groups is 1. The summed E-state index contributed by atoms with van der Waals surface area (Å²) >= 11 is 1.92. The smallest absolute Gasteiger partial charge is 0.0278 e. The molecule has 0 radical (unpaired) electrons. The Morgan fingerprint density at radius 1 is 1.38 bits per heavy atom. The van der Waals surface area contributed by atoms with Gasteiger partial charge in [-0.2, -0.15) is 0 Å². The standard InChI is InChI=1S/C13H22N2S/c1-3-8-15-12(2)5-4-11-16-13-6-9-14-10-7-13/h6-7,9-10,12,15H,3-5,8,11H2,1-2H3. The maximum absolute atomic E-state index is 4.01. The van der Waals surface area contributed by atoms with E-state index in [-0.39, 0.29) is 0 Å². The molecule has 0 aliphatic carbocycles. The third-order valence-corrected chi connectivity index (χ3v) is 3.54. The molecule has 0 amide bonds. The topological polar surface area (TPSA) is 24.9 Å². The van der Waals surface area contributed by atoms with Crippen LogP contribution in [0.2, 0.25) is 0 Å². The van der Waals surface area contributed by atoms with E-state index in [1.54, 1.807) is 0 Å². The molecule has 16 heavy (non-hydrogen) atoms. The molecule has 2 nitrogen and oxygen atoms in total. The second-order valence-corrected chi connectivity index (χ2v) is 5.20. The van der Waals surface area contributed by atoms with E-state index >= 15 is 0 Å². The van der Waals surface area contributed by atoms with E-state index in [0.29, 0.717) is 6.04 Å². The minimum Gasteiger partial charge on any atom is -0.314 e. The monoisotopic (exact) mass is 238 g/mol. The van der Waals surface area contributed by atoms with E-state index in [9.17, 15) is 0 Å². The molecule has 0 saturated heterocycles. The Morgan fingerprint density at radius 2 is 2.12 bits per heavy atom. The molecule has 0 bridgehead atoms. The Kier molecular flexibility index (Phi) is 7.26. The number of nitrogens with zero attached hydrogens (tertiary/aromatic N) is 1. The molecule has 0 fully saturated rings. The SMILES string of the molecule is CCCNC(C)CCCSc1ccncc1. The molecule has 1 heterocycles. The van der Waals surface area contributed by atoms with Crippen molar-refractivity contribution in [3.63, 3.8) is 0 Å². The maximum atomic E-state index is 4.01. The first-order chi connectivity index (χ1) is 7.83. The van der Waals surface area contributed by atoms with Crippen molar-refractivity contribution in [2.24, 2.45) is 0 Å². The molecule has 1 unspecified atom stereocenters. The van der Waals surface area contributed by atoms with E-state index in [0.717, 1.165) is 6.54 Å². The van der Waals surface area contributed by atoms with E-state index < -0.39 is 0 Å². The van der Waals surface area contributed by atoms with Crippen molar-refractivity contribution in [2.45, 2.75) is 44.0 Å². The molecule has 1 aromatic rings. The highest BCUT2D eigenvalue weighted by molar-refractivity contribution is 7.99. The second kappa shape index (κ2) is 8.59. The lowest BCUT2D eigenvalue weighted by Gasteiger charge is -2.12. The van der Waals surface area contributed by atoms with Crippen LogP contribution in [0.15, 0.2) is 29.4 Å². The van der Waals surface area contributed by atoms with Crippen LogP contribution in [0.5, 0.6) is 0 Å². The van der Waals surface area contributed by atoms with Gasteiger partial charge in [-0.25, -0.2) is 0 Å². The molecule has 1 rings (SSSR count). The van der Waals surface area contributed by atoms with Gasteiger partial charge in [-0.15, -0.1) is 11.8 Å². The number of nitrogens with one attached hydrogen (secondary N) is 1. The third kappa shape index (κ3) is 6.13. The number of rotatable bonds is 8. The molecule has 0 saturated carbocycles. The van der Waals surface area contributed by atoms with Gasteiger partial charge in [-0.3, -0.25) is 4.98 Å². The molecule has 0 aliphatic rings. The van der Waals surface area contributed by atoms with Gasteiger partial charge in [0.05, 0.1) is 0 Å². The zero-order chi connectivity index (χ0) is 11.6. The Morgan fingerprint density at radius 3 is 2.81 bits per heavy atom. The van der Waals surface area contributed by atoms with Crippen molar-refractivity contribution in [3.8, 4) is 0 Å². The van der Waals surface area contributed by atoms with Gasteiger partial charge >= 0.3 is 0 Å². The minimum atomic E-state index is 0.651. The maximum Gasteiger partial charge on any atom is 0.0278 e. The van der Waals surface area contributed by atoms with Crippen LogP contribution >= 0.6 is 11.8 Å². The van der Waals surface area contributed by atoms with Crippen LogP contribution < -0.4 is 5.32 Å². The quantitative estimate of drug-likeness (QED) is 0.555. The van der Waals surface area contributed by atoms with E-state index in [1.165, 1.54) is 29.9 Å². The van der Waals surface area contributed by atoms with Crippen molar-refractivity contribution in [1.29, 1.82) is 0 Å². The van der Waals surface area contributed by atoms with E-state index in [4.69, 9.17) is 0 Å². The van der Waals surface area contributed by atoms with Crippen molar-refractivity contribution < 1.29 is 0 Å². The summed E-state index contributed by atoms with van der Waals surface area (Å²) in [7, 11) is 0. The molecule has 1 aromatic heterocycles. The predicted octanol–water partition coefficient (Wildman–Crippen LogP) is 3.34. The summed E-state index contributed by atoms with van der Waals surface area (Å²) in [6, 6.07) is 4.80. The summed E-state index contributed by atoms with van der Waals surface area (Å²) in [6.07, 6.45) is 7.46. The first-order valence-corrected chi connectivity index (χ1v) is 7.07. The third-order valence-electron chi connectivity index (χ3n) is 2.44. The lowest BCUT2D eigenvalue weighted by atomic mass is 10.2. The summed E-state index contributed by atoms with van der Waals surface area (Å²) in [5, 5.41) is 3.51. The van der Waals surface area contributed by atoms with Gasteiger partial charge in [0.2, 0.25) is 0 Å². The van der Waals surface area contributed by atoms with Crippen LogP contribution in [0.25, 0.3) is 0 Å². The molecule has 1 atom stereocenters. The molecule has 0 aromatic carbocycles. The lowest BCUT2D eigenvalue weighted by molar-refractivity contribution is 0.510. The van der Waals surface area contributed by atoms with Gasteiger partial charge in [-0.05, 0) is 50.6 Å². The average molecular weight is 238 g/mol. The highest BCUT2D eigenvalue weighted by Crippen LogP contribution is 2.18. The van der Waals surface area contributed by atoms with Crippen molar-refractivity contribution in [3.05, 3.63) is 24.5 Å². The number of pyridine rings is 1. The zero-order valence-electron chi connectivity index (χ0n) is 10.3. The fourth-order valence-corrected chi connectivity index (χ4v) is 2.37. The summed E-state index contributed by atoms with van der Waals surface area (Å²) in [5.74, 6) is 1.20. The molecule has 0 spiro atoms. The van der Waals surface area contributed by atoms with Crippen LogP contribution in [0.1, 0.15) is 33.1 Å². The molecule has 3 heteroatoms. The Labute approximate surface area is 103 Å². The van der Waals surface area contributed by atoms with E-state index in [2.05, 4.69) is 36.3 Å². The Hall–Kier alpha value is -0.540. The van der Waals surface area contributed by atoms with Gasteiger partial charge in [0.25, 0.3) is 0 Å². The van der Waals surface area contributed by atoms with Crippen molar-refractivity contribution in [2.75, 3.05) is 12.3 Å². The van der Waals surface area contributed by atoms with Crippen LogP contribution in [-0.4, -0.2) is 23.3 Å². The molecular formula is C13H22N2S. The van der Waals surface area contributed by atoms with Gasteiger partial charge in [0.1, 0.15) is 0 Å². The van der Waals surface area contributed by atoms with Gasteiger partial charge in [-0.1, -0.05) is 6.92 Å². The fraction of sp³-hybridized carbons (Fsp3) is 0.615. The Bertz CT molecular complexity index is 264. The summed E-state index contributed by atoms with van der Waals surface area (Å²) in [6.45, 7) is 5.62. The predicted molar refractivity (Wildman–Crippen MR) is 72.0 cm³/mol. The molecular weight excluding hydrogens is 216 g/mol. The van der Waals surface area contributed by atoms with Gasteiger partial charge in [0.15, 0.2) is 0 Å². The van der Waals surface area contributed by atoms with Crippen LogP contribution in [0.4, 0.5) is 0 Å². The van der Waals surface area contributed by atoms with Gasteiger partial charge in [0, 0.05) is 23.3 Å². The van der Waals surface area contributed by atoms with Crippen LogP contribution in [-0.2, 0) is 0 Å². The number of hydrogen-bond donors (Lipinski definition) is 1. The largest absolute Gasteiger partial charge is 0.314 e. The van der Waals surface area contributed by atoms with Crippen LogP contribution in [0.3, 0.4) is 0 Å². The Balaban J connectivity index is 2.03. The molecule has 1 N–H and O–H groups in total. The molecule has 0 aliphatic heterocycles. The van der Waals surface area contributed by atoms with Crippen molar-refractivity contribution >= 4 is 11.8 Å². The highest BCUT2D eigenvalue weighted by atomic mass is 32.2. The zero-order valence-corrected chi connectivity index (χ0v) is 11.1. The first kappa shape index (κ1) is 13.5. The van der Waals surface area contributed by atoms with Gasteiger partial charge < -0.3 is 5.32 Å². The van der Waals surface area contributed by atoms with E-state index in [1.807, 2.05) is 24.2 Å². The minimum absolute atomic E-state index is 0.651. The first-order valence-electron chi connectivity index (χ1n) is 6.09. The van der Waals surface area contributed by atoms with Crippen molar-refractivity contribution in [1.82, 2.24) is 10.3 Å². The summed E-state index contributed by atoms with van der Waals surface area (Å²) in [5.41, 5.74) is 0. The lowest BCUT2D eigenvalue weighted by Crippen LogP contribution is -2.26. The highest BCUT2D eigenvalue weighted by Gasteiger charge is 2.00. The average Bonchev–Trinajstić information content (AvgIpc) is 2.33. The summed E-state index contributed by atoms with van der Waals surface area (Å²) in [4.78, 5) is 5.34.